The third-order valence-electron chi connectivity index (χ3n) is 5.12. The monoisotopic (exact) mass is 301 g/mol. The highest BCUT2D eigenvalue weighted by molar-refractivity contribution is 5.78. The molecule has 122 valence electrons. The third kappa shape index (κ3) is 4.59. The van der Waals surface area contributed by atoms with Crippen LogP contribution in [0.5, 0.6) is 0 Å². The van der Waals surface area contributed by atoms with E-state index in [-0.39, 0.29) is 5.92 Å². The van der Waals surface area contributed by atoms with Crippen LogP contribution in [0.4, 0.5) is 0 Å². The Morgan fingerprint density at radius 3 is 2.41 bits per heavy atom. The molecule has 1 heterocycles. The lowest BCUT2D eigenvalue weighted by Gasteiger charge is -2.34. The van der Waals surface area contributed by atoms with Crippen molar-refractivity contribution in [3.8, 4) is 0 Å². The molecule has 0 aromatic heterocycles. The molecular weight excluding hydrogens is 270 g/mol. The molecule has 1 aromatic carbocycles. The Kier molecular flexibility index (Phi) is 6.48. The van der Waals surface area contributed by atoms with Gasteiger partial charge in [0.1, 0.15) is 0 Å². The number of rotatable bonds is 6. The van der Waals surface area contributed by atoms with Crippen LogP contribution >= 0.6 is 0 Å². The number of piperidine rings is 1. The van der Waals surface area contributed by atoms with E-state index in [0.717, 1.165) is 31.8 Å². The number of hydrogen-bond donors (Lipinski definition) is 0. The number of carbonyl (C=O) groups is 1. The summed E-state index contributed by atoms with van der Waals surface area (Å²) in [4.78, 5) is 14.5. The molecule has 2 atom stereocenters. The van der Waals surface area contributed by atoms with Gasteiger partial charge in [0.2, 0.25) is 5.91 Å². The fourth-order valence-corrected chi connectivity index (χ4v) is 3.67. The minimum atomic E-state index is 0.199. The molecule has 1 aliphatic heterocycles. The first-order valence-electron chi connectivity index (χ1n) is 8.95. The predicted octanol–water partition coefficient (Wildman–Crippen LogP) is 4.86. The lowest BCUT2D eigenvalue weighted by molar-refractivity contribution is -0.136. The molecule has 1 aromatic rings. The molecule has 0 aliphatic carbocycles. The Morgan fingerprint density at radius 2 is 1.82 bits per heavy atom. The van der Waals surface area contributed by atoms with Crippen LogP contribution < -0.4 is 0 Å². The van der Waals surface area contributed by atoms with E-state index in [1.54, 1.807) is 0 Å². The minimum absolute atomic E-state index is 0.199. The molecule has 1 saturated heterocycles. The van der Waals surface area contributed by atoms with Gasteiger partial charge in [-0.05, 0) is 43.1 Å². The van der Waals surface area contributed by atoms with Gasteiger partial charge < -0.3 is 4.90 Å². The summed E-state index contributed by atoms with van der Waals surface area (Å²) < 4.78 is 0. The van der Waals surface area contributed by atoms with Crippen molar-refractivity contribution in [3.63, 3.8) is 0 Å². The van der Waals surface area contributed by atoms with E-state index >= 15 is 0 Å². The second-order valence-electron chi connectivity index (χ2n) is 7.01. The first-order chi connectivity index (χ1) is 10.6. The highest BCUT2D eigenvalue weighted by Crippen LogP contribution is 2.30. The molecule has 22 heavy (non-hydrogen) atoms. The fourth-order valence-electron chi connectivity index (χ4n) is 3.67. The van der Waals surface area contributed by atoms with E-state index < -0.39 is 0 Å². The van der Waals surface area contributed by atoms with E-state index in [1.165, 1.54) is 24.8 Å². The molecule has 2 unspecified atom stereocenters. The summed E-state index contributed by atoms with van der Waals surface area (Å²) in [7, 11) is 0. The molecule has 0 N–H and O–H groups in total. The number of amides is 1. The van der Waals surface area contributed by atoms with Gasteiger partial charge in [-0.2, -0.15) is 0 Å². The maximum Gasteiger partial charge on any atom is 0.225 e. The Balaban J connectivity index is 1.79. The lowest BCUT2D eigenvalue weighted by atomic mass is 9.84. The Hall–Kier alpha value is -1.31. The third-order valence-corrected chi connectivity index (χ3v) is 5.12. The second-order valence-corrected chi connectivity index (χ2v) is 7.01. The van der Waals surface area contributed by atoms with Crippen molar-refractivity contribution in [1.29, 1.82) is 0 Å². The van der Waals surface area contributed by atoms with Crippen LogP contribution in [0.2, 0.25) is 0 Å². The number of carbonyl (C=O) groups excluding carboxylic acids is 1. The quantitative estimate of drug-likeness (QED) is 0.735. The number of hydrogen-bond acceptors (Lipinski definition) is 1. The zero-order valence-corrected chi connectivity index (χ0v) is 14.4. The van der Waals surface area contributed by atoms with Crippen molar-refractivity contribution in [2.45, 2.75) is 58.8 Å². The van der Waals surface area contributed by atoms with Crippen molar-refractivity contribution in [2.75, 3.05) is 13.1 Å². The second kappa shape index (κ2) is 8.36. The van der Waals surface area contributed by atoms with Gasteiger partial charge in [0.15, 0.2) is 0 Å². The average Bonchev–Trinajstić information content (AvgIpc) is 2.56. The van der Waals surface area contributed by atoms with Gasteiger partial charge in [0.25, 0.3) is 0 Å². The van der Waals surface area contributed by atoms with Crippen LogP contribution in [0.15, 0.2) is 30.3 Å². The molecule has 0 saturated carbocycles. The van der Waals surface area contributed by atoms with Crippen LogP contribution in [-0.4, -0.2) is 23.9 Å². The van der Waals surface area contributed by atoms with E-state index in [0.29, 0.717) is 11.8 Å². The number of benzene rings is 1. The van der Waals surface area contributed by atoms with Gasteiger partial charge in [-0.1, -0.05) is 57.5 Å². The lowest BCUT2D eigenvalue weighted by Crippen LogP contribution is -2.41. The zero-order valence-electron chi connectivity index (χ0n) is 14.4. The van der Waals surface area contributed by atoms with E-state index in [9.17, 15) is 4.79 Å². The summed E-state index contributed by atoms with van der Waals surface area (Å²) in [6, 6.07) is 10.8. The van der Waals surface area contributed by atoms with Gasteiger partial charge in [0, 0.05) is 19.0 Å². The number of nitrogens with zero attached hydrogens (tertiary/aromatic N) is 1. The molecule has 2 nitrogen and oxygen atoms in total. The smallest absolute Gasteiger partial charge is 0.225 e. The molecule has 2 rings (SSSR count). The SMILES string of the molecule is CCCC(C)C(=O)N1CCC(CC(C)c2ccccc2)CC1. The van der Waals surface area contributed by atoms with E-state index in [2.05, 4.69) is 56.0 Å². The predicted molar refractivity (Wildman–Crippen MR) is 92.9 cm³/mol. The molecule has 1 aliphatic rings. The minimum Gasteiger partial charge on any atom is -0.342 e. The van der Waals surface area contributed by atoms with Gasteiger partial charge in [-0.15, -0.1) is 0 Å². The van der Waals surface area contributed by atoms with Crippen LogP contribution in [0.1, 0.15) is 64.4 Å². The summed E-state index contributed by atoms with van der Waals surface area (Å²) in [5.74, 6) is 1.95. The highest BCUT2D eigenvalue weighted by atomic mass is 16.2. The van der Waals surface area contributed by atoms with Crippen molar-refractivity contribution >= 4 is 5.91 Å². The highest BCUT2D eigenvalue weighted by Gasteiger charge is 2.26. The van der Waals surface area contributed by atoms with Crippen LogP contribution in [-0.2, 0) is 4.79 Å². The molecule has 2 heteroatoms. The first-order valence-corrected chi connectivity index (χ1v) is 8.95. The van der Waals surface area contributed by atoms with Crippen molar-refractivity contribution in [1.82, 2.24) is 4.90 Å². The van der Waals surface area contributed by atoms with Gasteiger partial charge >= 0.3 is 0 Å². The van der Waals surface area contributed by atoms with Crippen LogP contribution in [0.25, 0.3) is 0 Å². The summed E-state index contributed by atoms with van der Waals surface area (Å²) >= 11 is 0. The maximum absolute atomic E-state index is 12.4. The van der Waals surface area contributed by atoms with Gasteiger partial charge in [-0.3, -0.25) is 4.79 Å². The standard InChI is InChI=1S/C20H31NO/c1-4-8-16(2)20(22)21-13-11-18(12-14-21)15-17(3)19-9-6-5-7-10-19/h5-7,9-10,16-18H,4,8,11-15H2,1-3H3. The summed E-state index contributed by atoms with van der Waals surface area (Å²) in [5.41, 5.74) is 1.44. The summed E-state index contributed by atoms with van der Waals surface area (Å²) in [5, 5.41) is 0. The normalized spacial score (nSPS) is 19.0. The Labute approximate surface area is 135 Å². The van der Waals surface area contributed by atoms with E-state index in [1.807, 2.05) is 0 Å². The van der Waals surface area contributed by atoms with Gasteiger partial charge in [-0.25, -0.2) is 0 Å². The Bertz CT molecular complexity index is 448. The molecule has 1 amide bonds. The average molecular weight is 301 g/mol. The van der Waals surface area contributed by atoms with Crippen molar-refractivity contribution in [3.05, 3.63) is 35.9 Å². The van der Waals surface area contributed by atoms with E-state index in [4.69, 9.17) is 0 Å². The molecular formula is C20H31NO. The molecule has 0 radical (unpaired) electrons. The van der Waals surface area contributed by atoms with Crippen LogP contribution in [0, 0.1) is 11.8 Å². The van der Waals surface area contributed by atoms with Crippen molar-refractivity contribution < 1.29 is 4.79 Å². The Morgan fingerprint density at radius 1 is 1.18 bits per heavy atom. The summed E-state index contributed by atoms with van der Waals surface area (Å²) in [6.07, 6.45) is 5.70. The largest absolute Gasteiger partial charge is 0.342 e. The molecule has 0 bridgehead atoms. The fraction of sp³-hybridized carbons (Fsp3) is 0.650. The maximum atomic E-state index is 12.4. The van der Waals surface area contributed by atoms with Crippen molar-refractivity contribution in [2.24, 2.45) is 11.8 Å². The topological polar surface area (TPSA) is 20.3 Å². The zero-order chi connectivity index (χ0) is 15.9. The molecule has 0 spiro atoms. The molecule has 1 fully saturated rings. The first kappa shape index (κ1) is 17.1. The van der Waals surface area contributed by atoms with Gasteiger partial charge in [0.05, 0.1) is 0 Å². The summed E-state index contributed by atoms with van der Waals surface area (Å²) in [6.45, 7) is 8.48. The number of likely N-dealkylation sites (tertiary alicyclic amines) is 1. The van der Waals surface area contributed by atoms with Crippen LogP contribution in [0.3, 0.4) is 0 Å².